The molecule has 23 heavy (non-hydrogen) atoms. The van der Waals surface area contributed by atoms with Crippen LogP contribution in [-0.4, -0.2) is 28.7 Å². The van der Waals surface area contributed by atoms with E-state index in [9.17, 15) is 9.59 Å². The molecule has 0 unspecified atom stereocenters. The third-order valence-corrected chi connectivity index (χ3v) is 4.17. The number of anilines is 1. The van der Waals surface area contributed by atoms with Crippen molar-refractivity contribution in [1.82, 2.24) is 9.88 Å². The number of carbonyl (C=O) groups is 2. The maximum absolute atomic E-state index is 12.6. The van der Waals surface area contributed by atoms with Crippen molar-refractivity contribution in [2.24, 2.45) is 0 Å². The van der Waals surface area contributed by atoms with Crippen LogP contribution in [0.2, 0.25) is 0 Å². The second-order valence-electron chi connectivity index (χ2n) is 6.36. The van der Waals surface area contributed by atoms with E-state index < -0.39 is 5.41 Å². The number of nitrogens with one attached hydrogen (secondary N) is 1. The summed E-state index contributed by atoms with van der Waals surface area (Å²) in [4.78, 5) is 30.4. The van der Waals surface area contributed by atoms with Crippen LogP contribution < -0.4 is 5.32 Å². The molecule has 0 saturated carbocycles. The molecule has 0 bridgehead atoms. The molecule has 1 aliphatic rings. The van der Waals surface area contributed by atoms with Crippen molar-refractivity contribution in [2.45, 2.75) is 32.7 Å². The molecule has 2 amide bonds. The van der Waals surface area contributed by atoms with Gasteiger partial charge in [0.05, 0.1) is 17.7 Å². The maximum Gasteiger partial charge on any atom is 0.253 e. The quantitative estimate of drug-likeness (QED) is 0.944. The zero-order valence-corrected chi connectivity index (χ0v) is 13.6. The number of oxazole rings is 1. The zero-order chi connectivity index (χ0) is 16.8. The van der Waals surface area contributed by atoms with Gasteiger partial charge in [-0.15, -0.1) is 0 Å². The summed E-state index contributed by atoms with van der Waals surface area (Å²) >= 11 is 0. The second-order valence-corrected chi connectivity index (χ2v) is 6.36. The van der Waals surface area contributed by atoms with E-state index in [4.69, 9.17) is 4.42 Å². The lowest BCUT2D eigenvalue weighted by Crippen LogP contribution is -2.28. The van der Waals surface area contributed by atoms with Crippen LogP contribution in [0.4, 0.5) is 5.69 Å². The van der Waals surface area contributed by atoms with Gasteiger partial charge in [-0.05, 0) is 37.6 Å². The molecule has 1 aromatic carbocycles. The normalized spacial score (nSPS) is 15.2. The molecule has 3 rings (SSSR count). The van der Waals surface area contributed by atoms with E-state index in [0.717, 1.165) is 11.3 Å². The number of hydrogen-bond donors (Lipinski definition) is 1. The van der Waals surface area contributed by atoms with Crippen molar-refractivity contribution < 1.29 is 14.0 Å². The molecule has 6 nitrogen and oxygen atoms in total. The topological polar surface area (TPSA) is 75.4 Å². The lowest BCUT2D eigenvalue weighted by atomic mass is 9.85. The molecule has 0 spiro atoms. The molecule has 0 atom stereocenters. The Bertz CT molecular complexity index is 792. The van der Waals surface area contributed by atoms with Crippen molar-refractivity contribution >= 4 is 17.5 Å². The van der Waals surface area contributed by atoms with Gasteiger partial charge in [-0.25, -0.2) is 4.98 Å². The van der Waals surface area contributed by atoms with Gasteiger partial charge >= 0.3 is 0 Å². The van der Waals surface area contributed by atoms with Crippen LogP contribution in [0.1, 0.15) is 41.4 Å². The number of rotatable bonds is 3. The summed E-state index contributed by atoms with van der Waals surface area (Å²) in [5.41, 5.74) is 2.24. The largest absolute Gasteiger partial charge is 0.449 e. The third kappa shape index (κ3) is 2.60. The lowest BCUT2D eigenvalue weighted by molar-refractivity contribution is -0.119. The number of fused-ring (bicyclic) bond motifs is 1. The van der Waals surface area contributed by atoms with Crippen LogP contribution in [-0.2, 0) is 16.8 Å². The number of hydrogen-bond acceptors (Lipinski definition) is 4. The zero-order valence-electron chi connectivity index (χ0n) is 13.6. The smallest absolute Gasteiger partial charge is 0.253 e. The van der Waals surface area contributed by atoms with Gasteiger partial charge in [-0.2, -0.15) is 0 Å². The predicted octanol–water partition coefficient (Wildman–Crippen LogP) is 2.48. The number of aryl methyl sites for hydroxylation is 1. The van der Waals surface area contributed by atoms with Gasteiger partial charge in [-0.3, -0.25) is 9.59 Å². The first kappa shape index (κ1) is 15.3. The summed E-state index contributed by atoms with van der Waals surface area (Å²) in [6, 6.07) is 5.30. The molecule has 2 aromatic rings. The van der Waals surface area contributed by atoms with Crippen LogP contribution in [0.3, 0.4) is 0 Å². The molecule has 0 saturated heterocycles. The van der Waals surface area contributed by atoms with Gasteiger partial charge < -0.3 is 14.6 Å². The van der Waals surface area contributed by atoms with E-state index in [-0.39, 0.29) is 11.8 Å². The minimum atomic E-state index is -0.632. The molecular formula is C17H19N3O3. The average molecular weight is 313 g/mol. The van der Waals surface area contributed by atoms with Crippen LogP contribution >= 0.6 is 0 Å². The Morgan fingerprint density at radius 3 is 2.78 bits per heavy atom. The summed E-state index contributed by atoms with van der Waals surface area (Å²) in [6.45, 7) is 5.83. The molecule has 120 valence electrons. The fourth-order valence-electron chi connectivity index (χ4n) is 2.72. The van der Waals surface area contributed by atoms with Crippen molar-refractivity contribution in [3.63, 3.8) is 0 Å². The Labute approximate surface area is 134 Å². The maximum atomic E-state index is 12.6. The van der Waals surface area contributed by atoms with Crippen molar-refractivity contribution in [3.8, 4) is 0 Å². The van der Waals surface area contributed by atoms with Crippen LogP contribution in [0.15, 0.2) is 28.9 Å². The lowest BCUT2D eigenvalue weighted by Gasteiger charge is -2.18. The summed E-state index contributed by atoms with van der Waals surface area (Å²) in [6.07, 6.45) is 1.55. The van der Waals surface area contributed by atoms with Crippen LogP contribution in [0.5, 0.6) is 0 Å². The second kappa shape index (κ2) is 5.22. The van der Waals surface area contributed by atoms with Gasteiger partial charge in [-0.1, -0.05) is 0 Å². The number of nitrogens with zero attached hydrogens (tertiary/aromatic N) is 2. The first-order valence-electron chi connectivity index (χ1n) is 7.41. The molecular weight excluding hydrogens is 294 g/mol. The summed E-state index contributed by atoms with van der Waals surface area (Å²) < 4.78 is 5.16. The predicted molar refractivity (Wildman–Crippen MR) is 85.1 cm³/mol. The summed E-state index contributed by atoms with van der Waals surface area (Å²) in [5.74, 6) is 0.400. The molecule has 2 heterocycles. The van der Waals surface area contributed by atoms with Gasteiger partial charge in [0.25, 0.3) is 5.91 Å². The van der Waals surface area contributed by atoms with Gasteiger partial charge in [0.2, 0.25) is 5.91 Å². The SMILES string of the molecule is Cc1nc(CN(C)C(=O)c2ccc3c(c2)C(C)(C)C(=O)N3)co1. The Morgan fingerprint density at radius 1 is 1.39 bits per heavy atom. The van der Waals surface area contributed by atoms with E-state index in [1.165, 1.54) is 0 Å². The van der Waals surface area contributed by atoms with Gasteiger partial charge in [0.15, 0.2) is 5.89 Å². The van der Waals surface area contributed by atoms with Gasteiger partial charge in [0, 0.05) is 25.2 Å². The number of benzene rings is 1. The molecule has 1 N–H and O–H groups in total. The Kier molecular flexibility index (Phi) is 3.47. The van der Waals surface area contributed by atoms with E-state index in [0.29, 0.717) is 23.7 Å². The van der Waals surface area contributed by atoms with Crippen molar-refractivity contribution in [2.75, 3.05) is 12.4 Å². The highest BCUT2D eigenvalue weighted by molar-refractivity contribution is 6.07. The monoisotopic (exact) mass is 313 g/mol. The van der Waals surface area contributed by atoms with Gasteiger partial charge in [0.1, 0.15) is 6.26 Å². The fraction of sp³-hybridized carbons (Fsp3) is 0.353. The molecule has 6 heteroatoms. The van der Waals surface area contributed by atoms with E-state index in [1.54, 1.807) is 43.3 Å². The minimum Gasteiger partial charge on any atom is -0.449 e. The Balaban J connectivity index is 1.83. The highest BCUT2D eigenvalue weighted by Gasteiger charge is 2.38. The number of carbonyl (C=O) groups excluding carboxylic acids is 2. The Morgan fingerprint density at radius 2 is 2.13 bits per heavy atom. The molecule has 1 aliphatic heterocycles. The van der Waals surface area contributed by atoms with E-state index >= 15 is 0 Å². The molecule has 1 aromatic heterocycles. The Hall–Kier alpha value is -2.63. The highest BCUT2D eigenvalue weighted by atomic mass is 16.3. The first-order valence-corrected chi connectivity index (χ1v) is 7.41. The first-order chi connectivity index (χ1) is 10.8. The molecule has 0 fully saturated rings. The average Bonchev–Trinajstić information content (AvgIpc) is 3.00. The van der Waals surface area contributed by atoms with E-state index in [2.05, 4.69) is 10.3 Å². The fourth-order valence-corrected chi connectivity index (χ4v) is 2.72. The van der Waals surface area contributed by atoms with Crippen LogP contribution in [0.25, 0.3) is 0 Å². The van der Waals surface area contributed by atoms with E-state index in [1.807, 2.05) is 13.8 Å². The summed E-state index contributed by atoms with van der Waals surface area (Å²) in [5, 5.41) is 2.84. The van der Waals surface area contributed by atoms with Crippen LogP contribution in [0, 0.1) is 6.92 Å². The standard InChI is InChI=1S/C17H19N3O3/c1-10-18-12(9-23-10)8-20(4)15(21)11-5-6-14-13(7-11)17(2,3)16(22)19-14/h5-7,9H,8H2,1-4H3,(H,19,22). The number of amides is 2. The number of aromatic nitrogens is 1. The minimum absolute atomic E-state index is 0.0523. The van der Waals surface area contributed by atoms with Crippen molar-refractivity contribution in [3.05, 3.63) is 47.2 Å². The highest BCUT2D eigenvalue weighted by Crippen LogP contribution is 2.37. The van der Waals surface area contributed by atoms with Crippen molar-refractivity contribution in [1.29, 1.82) is 0 Å². The molecule has 0 aliphatic carbocycles. The summed E-state index contributed by atoms with van der Waals surface area (Å²) in [7, 11) is 1.72. The molecule has 0 radical (unpaired) electrons. The third-order valence-electron chi connectivity index (χ3n) is 4.17.